The molecule has 144 valence electrons. The molecule has 0 radical (unpaired) electrons. The quantitative estimate of drug-likeness (QED) is 0.475. The normalized spacial score (nSPS) is 26.4. The van der Waals surface area contributed by atoms with Crippen LogP contribution in [0.2, 0.25) is 0 Å². The molecule has 3 atom stereocenters. The van der Waals surface area contributed by atoms with Crippen molar-refractivity contribution in [1.29, 1.82) is 0 Å². The summed E-state index contributed by atoms with van der Waals surface area (Å²) in [5.41, 5.74) is -0.764. The number of esters is 2. The molecule has 11 heteroatoms. The highest BCUT2D eigenvalue weighted by Gasteiger charge is 2.48. The molecule has 1 heterocycles. The Morgan fingerprint density at radius 3 is 2.48 bits per heavy atom. The van der Waals surface area contributed by atoms with Crippen LogP contribution in [-0.4, -0.2) is 57.4 Å². The molecule has 25 heavy (non-hydrogen) atoms. The first-order valence-electron chi connectivity index (χ1n) is 7.68. The summed E-state index contributed by atoms with van der Waals surface area (Å²) in [6.45, 7) is 4.89. The van der Waals surface area contributed by atoms with Crippen molar-refractivity contribution in [2.75, 3.05) is 27.4 Å². The first-order chi connectivity index (χ1) is 11.5. The van der Waals surface area contributed by atoms with Crippen LogP contribution in [0.1, 0.15) is 27.2 Å². The molecule has 0 unspecified atom stereocenters. The fourth-order valence-electron chi connectivity index (χ4n) is 2.06. The summed E-state index contributed by atoms with van der Waals surface area (Å²) in [6, 6.07) is -0.944. The van der Waals surface area contributed by atoms with Crippen molar-refractivity contribution in [2.45, 2.75) is 39.3 Å². The third-order valence-electron chi connectivity index (χ3n) is 3.56. The molecular formula is C14H25N2O8P. The van der Waals surface area contributed by atoms with Gasteiger partial charge in [0.2, 0.25) is 5.91 Å². The topological polar surface area (TPSA) is 129 Å². The molecule has 0 aromatic heterocycles. The van der Waals surface area contributed by atoms with Gasteiger partial charge < -0.3 is 14.8 Å². The van der Waals surface area contributed by atoms with E-state index in [0.717, 1.165) is 0 Å². The van der Waals surface area contributed by atoms with Gasteiger partial charge in [-0.25, -0.2) is 9.65 Å². The van der Waals surface area contributed by atoms with E-state index in [1.54, 1.807) is 13.8 Å². The van der Waals surface area contributed by atoms with Crippen LogP contribution in [0.4, 0.5) is 0 Å². The van der Waals surface area contributed by atoms with Crippen molar-refractivity contribution in [3.63, 3.8) is 0 Å². The van der Waals surface area contributed by atoms with E-state index >= 15 is 0 Å². The zero-order chi connectivity index (χ0) is 19.3. The number of rotatable bonds is 7. The summed E-state index contributed by atoms with van der Waals surface area (Å²) in [5.74, 6) is -1.65. The van der Waals surface area contributed by atoms with Gasteiger partial charge in [-0.05, 0) is 6.92 Å². The Balaban J connectivity index is 2.75. The van der Waals surface area contributed by atoms with Crippen LogP contribution < -0.4 is 10.4 Å². The number of methoxy groups -OCH3 is 2. The van der Waals surface area contributed by atoms with Crippen LogP contribution in [0.5, 0.6) is 0 Å². The number of amides is 1. The molecule has 1 amide bonds. The SMILES string of the molecule is COC(=O)CCNC(=O)[C@@H]1O[P@@](=O)(N[C@@H](C)C(=O)OC)OCC1(C)C. The van der Waals surface area contributed by atoms with E-state index < -0.39 is 43.2 Å². The Kier molecular flexibility index (Phi) is 7.55. The summed E-state index contributed by atoms with van der Waals surface area (Å²) in [5, 5.41) is 4.97. The maximum absolute atomic E-state index is 12.7. The van der Waals surface area contributed by atoms with Crippen LogP contribution in [0.3, 0.4) is 0 Å². The van der Waals surface area contributed by atoms with E-state index in [1.807, 2.05) is 0 Å². The summed E-state index contributed by atoms with van der Waals surface area (Å²) in [4.78, 5) is 34.9. The Bertz CT molecular complexity index is 565. The Hall–Kier alpha value is -1.48. The van der Waals surface area contributed by atoms with Gasteiger partial charge in [0.05, 0.1) is 27.2 Å². The van der Waals surface area contributed by atoms with Crippen LogP contribution in [-0.2, 0) is 37.5 Å². The van der Waals surface area contributed by atoms with E-state index in [1.165, 1.54) is 21.1 Å². The third-order valence-corrected chi connectivity index (χ3v) is 5.22. The molecule has 0 aliphatic carbocycles. The van der Waals surface area contributed by atoms with E-state index in [-0.39, 0.29) is 19.6 Å². The number of nitrogens with one attached hydrogen (secondary N) is 2. The van der Waals surface area contributed by atoms with Gasteiger partial charge >= 0.3 is 19.7 Å². The maximum atomic E-state index is 12.7. The van der Waals surface area contributed by atoms with Gasteiger partial charge in [-0.2, -0.15) is 0 Å². The number of hydrogen-bond acceptors (Lipinski definition) is 8. The minimum absolute atomic E-state index is 0.00116. The summed E-state index contributed by atoms with van der Waals surface area (Å²) in [6.07, 6.45) is -1.09. The highest BCUT2D eigenvalue weighted by Crippen LogP contribution is 2.53. The molecule has 0 spiro atoms. The van der Waals surface area contributed by atoms with Crippen molar-refractivity contribution in [1.82, 2.24) is 10.4 Å². The lowest BCUT2D eigenvalue weighted by Crippen LogP contribution is -2.51. The van der Waals surface area contributed by atoms with Crippen LogP contribution >= 0.6 is 7.75 Å². The van der Waals surface area contributed by atoms with Gasteiger partial charge in [0.1, 0.15) is 6.04 Å². The van der Waals surface area contributed by atoms with E-state index in [2.05, 4.69) is 19.9 Å². The highest BCUT2D eigenvalue weighted by atomic mass is 31.2. The molecule has 0 aromatic rings. The molecule has 1 aliphatic rings. The molecular weight excluding hydrogens is 355 g/mol. The molecule has 1 saturated heterocycles. The van der Waals surface area contributed by atoms with Gasteiger partial charge in [0.15, 0.2) is 6.10 Å². The maximum Gasteiger partial charge on any atom is 0.407 e. The second kappa shape index (κ2) is 8.75. The standard InChI is InChI=1S/C14H25N2O8P/c1-9(13(19)22-5)16-25(20)23-8-14(2,3)11(24-25)12(18)15-7-6-10(17)21-4/h9,11H,6-8H2,1-5H3,(H,15,18)(H,16,20)/t9-,11-,25+/m0/s1. The van der Waals surface area contributed by atoms with Gasteiger partial charge in [-0.15, -0.1) is 0 Å². The second-order valence-electron chi connectivity index (χ2n) is 6.24. The Morgan fingerprint density at radius 2 is 1.92 bits per heavy atom. The Labute approximate surface area is 146 Å². The van der Waals surface area contributed by atoms with E-state index in [4.69, 9.17) is 9.05 Å². The minimum Gasteiger partial charge on any atom is -0.469 e. The van der Waals surface area contributed by atoms with E-state index in [0.29, 0.717) is 0 Å². The molecule has 1 aliphatic heterocycles. The van der Waals surface area contributed by atoms with Crippen molar-refractivity contribution >= 4 is 25.6 Å². The monoisotopic (exact) mass is 380 g/mol. The van der Waals surface area contributed by atoms with Gasteiger partial charge in [-0.3, -0.25) is 23.4 Å². The van der Waals surface area contributed by atoms with Crippen molar-refractivity contribution in [3.05, 3.63) is 0 Å². The largest absolute Gasteiger partial charge is 0.469 e. The molecule has 0 saturated carbocycles. The first-order valence-corrected chi connectivity index (χ1v) is 9.22. The predicted molar refractivity (Wildman–Crippen MR) is 86.5 cm³/mol. The molecule has 0 bridgehead atoms. The van der Waals surface area contributed by atoms with Crippen molar-refractivity contribution in [2.24, 2.45) is 5.41 Å². The van der Waals surface area contributed by atoms with Crippen LogP contribution in [0, 0.1) is 5.41 Å². The van der Waals surface area contributed by atoms with E-state index in [9.17, 15) is 18.9 Å². The highest BCUT2D eigenvalue weighted by molar-refractivity contribution is 7.51. The molecule has 1 fully saturated rings. The van der Waals surface area contributed by atoms with Gasteiger partial charge in [0, 0.05) is 12.0 Å². The second-order valence-corrected chi connectivity index (χ2v) is 7.96. The number of carbonyl (C=O) groups is 3. The fraction of sp³-hybridized carbons (Fsp3) is 0.786. The van der Waals surface area contributed by atoms with Crippen molar-refractivity contribution < 1.29 is 37.5 Å². The van der Waals surface area contributed by atoms with Crippen LogP contribution in [0.25, 0.3) is 0 Å². The molecule has 1 rings (SSSR count). The lowest BCUT2D eigenvalue weighted by Gasteiger charge is -2.40. The summed E-state index contributed by atoms with van der Waals surface area (Å²) in [7, 11) is -1.44. The fourth-order valence-corrected chi connectivity index (χ4v) is 4.00. The Morgan fingerprint density at radius 1 is 1.28 bits per heavy atom. The molecule has 10 nitrogen and oxygen atoms in total. The number of ether oxygens (including phenoxy) is 2. The zero-order valence-corrected chi connectivity index (χ0v) is 15.9. The lowest BCUT2D eigenvalue weighted by molar-refractivity contribution is -0.142. The lowest BCUT2D eigenvalue weighted by atomic mass is 9.87. The van der Waals surface area contributed by atoms with Crippen LogP contribution in [0.15, 0.2) is 0 Å². The molecule has 2 N–H and O–H groups in total. The number of hydrogen-bond donors (Lipinski definition) is 2. The van der Waals surface area contributed by atoms with Crippen molar-refractivity contribution in [3.8, 4) is 0 Å². The zero-order valence-electron chi connectivity index (χ0n) is 15.0. The average Bonchev–Trinajstić information content (AvgIpc) is 2.56. The third kappa shape index (κ3) is 6.07. The van der Waals surface area contributed by atoms with Gasteiger partial charge in [0.25, 0.3) is 0 Å². The summed E-state index contributed by atoms with van der Waals surface area (Å²) >= 11 is 0. The average molecular weight is 380 g/mol. The predicted octanol–water partition coefficient (Wildman–Crippen LogP) is 0.367. The minimum atomic E-state index is -3.89. The first kappa shape index (κ1) is 21.6. The molecule has 0 aromatic carbocycles. The number of carbonyl (C=O) groups excluding carboxylic acids is 3. The van der Waals surface area contributed by atoms with Gasteiger partial charge in [-0.1, -0.05) is 13.8 Å². The summed E-state index contributed by atoms with van der Waals surface area (Å²) < 4.78 is 32.3. The smallest absolute Gasteiger partial charge is 0.407 e.